The Bertz CT molecular complexity index is 696. The summed E-state index contributed by atoms with van der Waals surface area (Å²) in [5.41, 5.74) is 0.349. The van der Waals surface area contributed by atoms with Gasteiger partial charge < -0.3 is 23.7 Å². The van der Waals surface area contributed by atoms with Crippen LogP contribution >= 0.6 is 0 Å². The second-order valence-electron chi connectivity index (χ2n) is 7.75. The average Bonchev–Trinajstić information content (AvgIpc) is 2.78. The zero-order chi connectivity index (χ0) is 25.2. The van der Waals surface area contributed by atoms with E-state index in [-0.39, 0.29) is 56.9 Å². The molecule has 1 saturated carbocycles. The van der Waals surface area contributed by atoms with Crippen LogP contribution in [0.4, 0.5) is 0 Å². The molecule has 0 amide bonds. The lowest BCUT2D eigenvalue weighted by Gasteiger charge is -2.26. The Morgan fingerprint density at radius 1 is 0.848 bits per heavy atom. The first-order chi connectivity index (χ1) is 15.6. The molecule has 0 N–H and O–H groups in total. The third kappa shape index (κ3) is 15.5. The molecular formula is C24H36O9. The fourth-order valence-corrected chi connectivity index (χ4v) is 2.88. The van der Waals surface area contributed by atoms with Gasteiger partial charge in [-0.05, 0) is 32.6 Å². The molecule has 0 bridgehead atoms. The van der Waals surface area contributed by atoms with Gasteiger partial charge in [-0.25, -0.2) is 9.59 Å². The van der Waals surface area contributed by atoms with Crippen LogP contribution in [0.2, 0.25) is 0 Å². The fourth-order valence-electron chi connectivity index (χ4n) is 2.88. The molecule has 0 aromatic rings. The molecule has 0 heterocycles. The number of carbonyl (C=O) groups is 5. The van der Waals surface area contributed by atoms with Crippen molar-refractivity contribution in [2.75, 3.05) is 26.4 Å². The number of ketones is 1. The third-order valence-electron chi connectivity index (χ3n) is 4.76. The summed E-state index contributed by atoms with van der Waals surface area (Å²) in [7, 11) is 0. The highest BCUT2D eigenvalue weighted by atomic mass is 16.6. The molecule has 0 radical (unpaired) electrons. The summed E-state index contributed by atoms with van der Waals surface area (Å²) in [5, 5.41) is 0. The summed E-state index contributed by atoms with van der Waals surface area (Å²) in [6.45, 7) is 12.0. The van der Waals surface area contributed by atoms with Crippen molar-refractivity contribution < 1.29 is 42.9 Å². The van der Waals surface area contributed by atoms with Crippen LogP contribution in [0.5, 0.6) is 0 Å². The van der Waals surface area contributed by atoms with Crippen LogP contribution < -0.4 is 0 Å². The Hall–Kier alpha value is -2.97. The standard InChI is InChI=1S/C14H22O4.C10H14O5/c1-10(2)13(15)17-8-9-18-14(16)12-7-5-4-6-11(12)3;1-3-9(12)14-6-7-15-10(13)5-4-8(2)11/h11-12H,1,4-9H2,2-3H3;3H,1,4-7H2,2H3. The van der Waals surface area contributed by atoms with Crippen molar-refractivity contribution in [3.63, 3.8) is 0 Å². The molecule has 1 rings (SSSR count). The van der Waals surface area contributed by atoms with Crippen LogP contribution in [0.25, 0.3) is 0 Å². The lowest BCUT2D eigenvalue weighted by molar-refractivity contribution is -0.156. The highest BCUT2D eigenvalue weighted by Crippen LogP contribution is 2.30. The van der Waals surface area contributed by atoms with Gasteiger partial charge in [-0.2, -0.15) is 0 Å². The molecule has 0 spiro atoms. The van der Waals surface area contributed by atoms with Crippen LogP contribution in [0.1, 0.15) is 59.3 Å². The van der Waals surface area contributed by atoms with Crippen molar-refractivity contribution in [1.29, 1.82) is 0 Å². The van der Waals surface area contributed by atoms with Crippen LogP contribution in [-0.4, -0.2) is 56.1 Å². The number of carbonyl (C=O) groups excluding carboxylic acids is 5. The Morgan fingerprint density at radius 2 is 1.42 bits per heavy atom. The quantitative estimate of drug-likeness (QED) is 0.184. The lowest BCUT2D eigenvalue weighted by Crippen LogP contribution is -2.28. The molecule has 2 unspecified atom stereocenters. The maximum absolute atomic E-state index is 11.8. The second kappa shape index (κ2) is 17.6. The molecule has 9 nitrogen and oxygen atoms in total. The van der Waals surface area contributed by atoms with Crippen LogP contribution in [0.15, 0.2) is 24.8 Å². The minimum Gasteiger partial charge on any atom is -0.462 e. The van der Waals surface area contributed by atoms with Crippen LogP contribution in [-0.2, 0) is 42.9 Å². The number of ether oxygens (including phenoxy) is 4. The monoisotopic (exact) mass is 468 g/mol. The fraction of sp³-hybridized carbons (Fsp3) is 0.625. The van der Waals surface area contributed by atoms with Crippen LogP contribution in [0.3, 0.4) is 0 Å². The van der Waals surface area contributed by atoms with Crippen molar-refractivity contribution in [2.24, 2.45) is 11.8 Å². The van der Waals surface area contributed by atoms with E-state index in [2.05, 4.69) is 29.6 Å². The first kappa shape index (κ1) is 30.0. The van der Waals surface area contributed by atoms with Crippen molar-refractivity contribution in [1.82, 2.24) is 0 Å². The van der Waals surface area contributed by atoms with E-state index < -0.39 is 17.9 Å². The summed E-state index contributed by atoms with van der Waals surface area (Å²) in [6.07, 6.45) is 5.54. The van der Waals surface area contributed by atoms with E-state index in [0.29, 0.717) is 11.5 Å². The number of rotatable bonds is 12. The van der Waals surface area contributed by atoms with E-state index in [4.69, 9.17) is 9.47 Å². The van der Waals surface area contributed by atoms with Gasteiger partial charge in [0, 0.05) is 18.1 Å². The third-order valence-corrected chi connectivity index (χ3v) is 4.76. The molecule has 0 saturated heterocycles. The largest absolute Gasteiger partial charge is 0.462 e. The molecule has 0 aromatic heterocycles. The topological polar surface area (TPSA) is 122 Å². The van der Waals surface area contributed by atoms with Crippen molar-refractivity contribution in [2.45, 2.75) is 59.3 Å². The maximum atomic E-state index is 11.8. The normalized spacial score (nSPS) is 16.8. The van der Waals surface area contributed by atoms with Crippen LogP contribution in [0, 0.1) is 11.8 Å². The zero-order valence-corrected chi connectivity index (χ0v) is 19.9. The second-order valence-corrected chi connectivity index (χ2v) is 7.75. The predicted molar refractivity (Wildman–Crippen MR) is 120 cm³/mol. The van der Waals surface area contributed by atoms with Gasteiger partial charge in [0.2, 0.25) is 0 Å². The van der Waals surface area contributed by atoms with Gasteiger partial charge in [0.25, 0.3) is 0 Å². The molecule has 186 valence electrons. The molecule has 1 aliphatic carbocycles. The van der Waals surface area contributed by atoms with Gasteiger partial charge in [-0.3, -0.25) is 9.59 Å². The number of hydrogen-bond donors (Lipinski definition) is 0. The highest BCUT2D eigenvalue weighted by molar-refractivity contribution is 5.87. The van der Waals surface area contributed by atoms with E-state index >= 15 is 0 Å². The Labute approximate surface area is 195 Å². The zero-order valence-electron chi connectivity index (χ0n) is 19.9. The molecule has 2 atom stereocenters. The first-order valence-corrected chi connectivity index (χ1v) is 11.0. The van der Waals surface area contributed by atoms with Gasteiger partial charge in [-0.15, -0.1) is 0 Å². The van der Waals surface area contributed by atoms with E-state index in [0.717, 1.165) is 25.3 Å². The Kier molecular flexibility index (Phi) is 16.0. The highest BCUT2D eigenvalue weighted by Gasteiger charge is 2.28. The first-order valence-electron chi connectivity index (χ1n) is 11.0. The van der Waals surface area contributed by atoms with Crippen molar-refractivity contribution in [3.05, 3.63) is 24.8 Å². The molecule has 1 aliphatic rings. The summed E-state index contributed by atoms with van der Waals surface area (Å²) in [4.78, 5) is 54.9. The van der Waals surface area contributed by atoms with Gasteiger partial charge in [-0.1, -0.05) is 32.9 Å². The van der Waals surface area contributed by atoms with Gasteiger partial charge >= 0.3 is 23.9 Å². The SMILES string of the molecule is C=C(C)C(=O)OCCOC(=O)C1CCCCC1C.C=CC(=O)OCCOC(=O)CCC(C)=O. The van der Waals surface area contributed by atoms with Gasteiger partial charge in [0.15, 0.2) is 0 Å². The molecule has 9 heteroatoms. The molecule has 0 aliphatic heterocycles. The molecule has 0 aromatic carbocycles. The van der Waals surface area contributed by atoms with Gasteiger partial charge in [0.1, 0.15) is 32.2 Å². The summed E-state index contributed by atoms with van der Waals surface area (Å²) < 4.78 is 19.2. The van der Waals surface area contributed by atoms with E-state index in [1.54, 1.807) is 6.92 Å². The van der Waals surface area contributed by atoms with Gasteiger partial charge in [0.05, 0.1) is 12.3 Å². The van der Waals surface area contributed by atoms with Crippen molar-refractivity contribution in [3.8, 4) is 0 Å². The number of Topliss-reactive ketones (excluding diaryl/α,β-unsaturated/α-hetero) is 1. The number of hydrogen-bond acceptors (Lipinski definition) is 9. The lowest BCUT2D eigenvalue weighted by atomic mass is 9.80. The average molecular weight is 469 g/mol. The van der Waals surface area contributed by atoms with Crippen molar-refractivity contribution >= 4 is 29.7 Å². The molecule has 33 heavy (non-hydrogen) atoms. The summed E-state index contributed by atoms with van der Waals surface area (Å²) in [5.74, 6) is -1.30. The summed E-state index contributed by atoms with van der Waals surface area (Å²) >= 11 is 0. The Morgan fingerprint density at radius 3 is 2.00 bits per heavy atom. The minimum atomic E-state index is -0.560. The molecular weight excluding hydrogens is 432 g/mol. The van der Waals surface area contributed by atoms with E-state index in [9.17, 15) is 24.0 Å². The Balaban J connectivity index is 0.000000633. The maximum Gasteiger partial charge on any atom is 0.333 e. The van der Waals surface area contributed by atoms with E-state index in [1.165, 1.54) is 13.3 Å². The predicted octanol–water partition coefficient (Wildman–Crippen LogP) is 3.10. The van der Waals surface area contributed by atoms with E-state index in [1.807, 2.05) is 0 Å². The summed E-state index contributed by atoms with van der Waals surface area (Å²) in [6, 6.07) is 0. The minimum absolute atomic E-state index is 0.00331. The molecule has 1 fully saturated rings. The smallest absolute Gasteiger partial charge is 0.333 e. The number of esters is 4.